The number of carbonyl (C=O) groups excluding carboxylic acids is 1. The van der Waals surface area contributed by atoms with Crippen molar-refractivity contribution >= 4 is 34.0 Å². The maximum absolute atomic E-state index is 13.3. The van der Waals surface area contributed by atoms with Crippen LogP contribution >= 0.6 is 11.6 Å². The number of hydrogen-bond donors (Lipinski definition) is 1. The smallest absolute Gasteiger partial charge is 0.384 e. The molecule has 3 aromatic rings. The molecule has 1 aliphatic rings. The van der Waals surface area contributed by atoms with Gasteiger partial charge in [-0.05, 0) is 75.3 Å². The second-order valence-electron chi connectivity index (χ2n) is 8.70. The third-order valence-corrected chi connectivity index (χ3v) is 6.20. The topological polar surface area (TPSA) is 45.2 Å². The first-order valence-electron chi connectivity index (χ1n) is 10.8. The number of ketones is 1. The van der Waals surface area contributed by atoms with E-state index in [0.717, 1.165) is 41.7 Å². The van der Waals surface area contributed by atoms with Gasteiger partial charge in [0, 0.05) is 23.4 Å². The molecule has 2 aromatic carbocycles. The van der Waals surface area contributed by atoms with E-state index < -0.39 is 11.7 Å². The molecule has 0 saturated carbocycles. The highest BCUT2D eigenvalue weighted by Crippen LogP contribution is 2.39. The van der Waals surface area contributed by atoms with Crippen LogP contribution in [0.2, 0.25) is 5.02 Å². The van der Waals surface area contributed by atoms with E-state index in [9.17, 15) is 18.0 Å². The van der Waals surface area contributed by atoms with E-state index in [4.69, 9.17) is 16.6 Å². The molecule has 1 unspecified atom stereocenters. The molecule has 1 N–H and O–H groups in total. The second-order valence-corrected chi connectivity index (χ2v) is 9.14. The number of nitrogens with one attached hydrogen (secondary N) is 1. The number of aromatic nitrogens is 1. The van der Waals surface area contributed by atoms with Crippen LogP contribution in [0.15, 0.2) is 42.5 Å². The van der Waals surface area contributed by atoms with Crippen LogP contribution in [0.4, 0.5) is 18.9 Å². The number of pyridine rings is 1. The number of fused-ring (bicyclic) bond motifs is 2. The van der Waals surface area contributed by atoms with Gasteiger partial charge in [-0.2, -0.15) is 13.2 Å². The fourth-order valence-corrected chi connectivity index (χ4v) is 4.51. The fraction of sp³-hybridized carbons (Fsp3) is 0.360. The summed E-state index contributed by atoms with van der Waals surface area (Å²) >= 11 is 6.23. The van der Waals surface area contributed by atoms with Crippen LogP contribution in [0.1, 0.15) is 45.9 Å². The Morgan fingerprint density at radius 2 is 1.85 bits per heavy atom. The van der Waals surface area contributed by atoms with Crippen LogP contribution in [0.3, 0.4) is 0 Å². The minimum Gasteiger partial charge on any atom is -0.384 e. The first-order valence-corrected chi connectivity index (χ1v) is 11.2. The lowest BCUT2D eigenvalue weighted by molar-refractivity contribution is -0.137. The van der Waals surface area contributed by atoms with Crippen molar-refractivity contribution < 1.29 is 18.0 Å². The first kappa shape index (κ1) is 23.5. The van der Waals surface area contributed by atoms with Crippen molar-refractivity contribution in [3.8, 4) is 0 Å². The van der Waals surface area contributed by atoms with Gasteiger partial charge in [0.25, 0.3) is 0 Å². The number of carbonyl (C=O) groups is 1. The summed E-state index contributed by atoms with van der Waals surface area (Å²) in [5.74, 6) is -0.281. The van der Waals surface area contributed by atoms with E-state index in [1.165, 1.54) is 12.1 Å². The Morgan fingerprint density at radius 3 is 2.52 bits per heavy atom. The molecule has 0 fully saturated rings. The number of benzene rings is 2. The molecule has 8 heteroatoms. The summed E-state index contributed by atoms with van der Waals surface area (Å²) in [7, 11) is 4.02. The van der Waals surface area contributed by atoms with Crippen molar-refractivity contribution in [1.29, 1.82) is 0 Å². The monoisotopic (exact) mass is 475 g/mol. The van der Waals surface area contributed by atoms with Gasteiger partial charge >= 0.3 is 6.18 Å². The Bertz CT molecular complexity index is 1180. The summed E-state index contributed by atoms with van der Waals surface area (Å²) in [4.78, 5) is 20.1. The summed E-state index contributed by atoms with van der Waals surface area (Å²) < 4.78 is 38.8. The number of nitrogens with zero attached hydrogens (tertiary/aromatic N) is 2. The van der Waals surface area contributed by atoms with Crippen LogP contribution in [0, 0.1) is 0 Å². The van der Waals surface area contributed by atoms with E-state index in [0.29, 0.717) is 34.8 Å². The summed E-state index contributed by atoms with van der Waals surface area (Å²) in [6.07, 6.45) is -2.78. The van der Waals surface area contributed by atoms with E-state index in [1.807, 2.05) is 26.2 Å². The molecule has 174 valence electrons. The average molecular weight is 476 g/mol. The predicted octanol–water partition coefficient (Wildman–Crippen LogP) is 6.18. The lowest BCUT2D eigenvalue weighted by Gasteiger charge is -2.27. The van der Waals surface area contributed by atoms with Crippen molar-refractivity contribution in [2.75, 3.05) is 32.5 Å². The summed E-state index contributed by atoms with van der Waals surface area (Å²) in [5, 5.41) is 4.80. The molecule has 4 rings (SSSR count). The minimum absolute atomic E-state index is 0.0642. The minimum atomic E-state index is -4.39. The third kappa shape index (κ3) is 5.14. The second kappa shape index (κ2) is 9.31. The quantitative estimate of drug-likeness (QED) is 0.432. The highest BCUT2D eigenvalue weighted by molar-refractivity contribution is 6.31. The lowest BCUT2D eigenvalue weighted by atomic mass is 9.80. The van der Waals surface area contributed by atoms with Gasteiger partial charge in [-0.15, -0.1) is 0 Å². The summed E-state index contributed by atoms with van der Waals surface area (Å²) in [5.41, 5.74) is 2.72. The van der Waals surface area contributed by atoms with Gasteiger partial charge in [0.1, 0.15) is 0 Å². The van der Waals surface area contributed by atoms with Gasteiger partial charge in [-0.25, -0.2) is 0 Å². The largest absolute Gasteiger partial charge is 0.416 e. The van der Waals surface area contributed by atoms with Crippen LogP contribution in [-0.2, 0) is 12.6 Å². The van der Waals surface area contributed by atoms with E-state index in [-0.39, 0.29) is 18.1 Å². The molecule has 0 aliphatic heterocycles. The molecule has 0 bridgehead atoms. The van der Waals surface area contributed by atoms with Gasteiger partial charge < -0.3 is 10.2 Å². The first-order chi connectivity index (χ1) is 15.6. The Labute approximate surface area is 195 Å². The normalized spacial score (nSPS) is 16.3. The third-order valence-electron chi connectivity index (χ3n) is 5.97. The average Bonchev–Trinajstić information content (AvgIpc) is 2.75. The summed E-state index contributed by atoms with van der Waals surface area (Å²) in [6.45, 7) is 1.59. The summed E-state index contributed by atoms with van der Waals surface area (Å²) in [6, 6.07) is 10.5. The van der Waals surface area contributed by atoms with Gasteiger partial charge in [-0.3, -0.25) is 9.78 Å². The zero-order valence-electron chi connectivity index (χ0n) is 18.5. The van der Waals surface area contributed by atoms with E-state index in [1.54, 1.807) is 6.07 Å². The number of alkyl halides is 3. The van der Waals surface area contributed by atoms with Crippen LogP contribution in [0.25, 0.3) is 10.9 Å². The molecule has 0 amide bonds. The number of hydrogen-bond acceptors (Lipinski definition) is 4. The van der Waals surface area contributed by atoms with Crippen molar-refractivity contribution in [3.05, 3.63) is 69.9 Å². The Balaban J connectivity index is 1.69. The van der Waals surface area contributed by atoms with Crippen molar-refractivity contribution in [2.45, 2.75) is 31.4 Å². The molecule has 0 spiro atoms. The SMILES string of the molecule is CN(C)CCCNc1c2c(nc3ccc(Cl)cc13)CC(c1ccc(C(F)(F)F)cc1)CC2=O. The van der Waals surface area contributed by atoms with Crippen LogP contribution < -0.4 is 5.32 Å². The van der Waals surface area contributed by atoms with Gasteiger partial charge in [0.05, 0.1) is 28.0 Å². The van der Waals surface area contributed by atoms with Crippen LogP contribution in [-0.4, -0.2) is 42.9 Å². The number of rotatable bonds is 6. The van der Waals surface area contributed by atoms with Crippen molar-refractivity contribution in [3.63, 3.8) is 0 Å². The van der Waals surface area contributed by atoms with Crippen LogP contribution in [0.5, 0.6) is 0 Å². The van der Waals surface area contributed by atoms with Gasteiger partial charge in [-0.1, -0.05) is 23.7 Å². The molecular weight excluding hydrogens is 451 g/mol. The van der Waals surface area contributed by atoms with E-state index >= 15 is 0 Å². The lowest BCUT2D eigenvalue weighted by Crippen LogP contribution is -2.23. The van der Waals surface area contributed by atoms with E-state index in [2.05, 4.69) is 10.2 Å². The highest BCUT2D eigenvalue weighted by Gasteiger charge is 2.33. The zero-order chi connectivity index (χ0) is 23.8. The molecular formula is C25H25ClF3N3O. The van der Waals surface area contributed by atoms with Gasteiger partial charge in [0.2, 0.25) is 0 Å². The Morgan fingerprint density at radius 1 is 1.12 bits per heavy atom. The molecule has 0 saturated heterocycles. The highest BCUT2D eigenvalue weighted by atomic mass is 35.5. The van der Waals surface area contributed by atoms with Crippen molar-refractivity contribution in [1.82, 2.24) is 9.88 Å². The Hall–Kier alpha value is -2.64. The molecule has 1 aromatic heterocycles. The predicted molar refractivity (Wildman–Crippen MR) is 125 cm³/mol. The molecule has 1 aliphatic carbocycles. The maximum atomic E-state index is 13.3. The maximum Gasteiger partial charge on any atom is 0.416 e. The molecule has 0 radical (unpaired) electrons. The number of Topliss-reactive ketones (excluding diaryl/α,β-unsaturated/α-hetero) is 1. The molecule has 33 heavy (non-hydrogen) atoms. The van der Waals surface area contributed by atoms with Gasteiger partial charge in [0.15, 0.2) is 5.78 Å². The number of anilines is 1. The molecule has 1 atom stereocenters. The fourth-order valence-electron chi connectivity index (χ4n) is 4.34. The number of halogens is 4. The molecule has 4 nitrogen and oxygen atoms in total. The zero-order valence-corrected chi connectivity index (χ0v) is 19.2. The molecule has 1 heterocycles. The Kier molecular flexibility index (Phi) is 6.64. The van der Waals surface area contributed by atoms with Crippen molar-refractivity contribution in [2.24, 2.45) is 0 Å². The standard InChI is InChI=1S/C25H25ClF3N3O/c1-32(2)11-3-10-30-24-19-14-18(26)8-9-20(19)31-21-12-16(13-22(33)23(21)24)15-4-6-17(7-5-15)25(27,28)29/h4-9,14,16H,3,10-13H2,1-2H3,(H,30,31).